The van der Waals surface area contributed by atoms with Crippen LogP contribution in [0.5, 0.6) is 0 Å². The standard InChI is InChI=1S/C13H16BrN3O2/c1-18-13(4-5-19-8-13)7-17-11-6-9(14)2-3-10(11)16-12(17)15/h2-3,6H,4-5,7-8H2,1H3,(H2,15,16). The Labute approximate surface area is 119 Å². The molecular weight excluding hydrogens is 310 g/mol. The monoisotopic (exact) mass is 325 g/mol. The molecule has 5 nitrogen and oxygen atoms in total. The number of methoxy groups -OCH3 is 1. The third-order valence-electron chi connectivity index (χ3n) is 3.69. The Morgan fingerprint density at radius 3 is 3.11 bits per heavy atom. The summed E-state index contributed by atoms with van der Waals surface area (Å²) >= 11 is 3.48. The van der Waals surface area contributed by atoms with Crippen LogP contribution in [0.1, 0.15) is 6.42 Å². The fraction of sp³-hybridized carbons (Fsp3) is 0.462. The molecule has 1 saturated heterocycles. The average Bonchev–Trinajstić information content (AvgIpc) is 2.98. The fourth-order valence-electron chi connectivity index (χ4n) is 2.51. The highest BCUT2D eigenvalue weighted by atomic mass is 79.9. The number of aromatic nitrogens is 2. The van der Waals surface area contributed by atoms with Crippen molar-refractivity contribution in [1.29, 1.82) is 0 Å². The van der Waals surface area contributed by atoms with Crippen molar-refractivity contribution in [3.05, 3.63) is 22.7 Å². The molecule has 0 aliphatic carbocycles. The van der Waals surface area contributed by atoms with Crippen LogP contribution in [0.4, 0.5) is 5.95 Å². The lowest BCUT2D eigenvalue weighted by atomic mass is 10.0. The minimum Gasteiger partial charge on any atom is -0.378 e. The number of nitrogens with two attached hydrogens (primary N) is 1. The third kappa shape index (κ3) is 2.24. The van der Waals surface area contributed by atoms with Crippen LogP contribution >= 0.6 is 15.9 Å². The lowest BCUT2D eigenvalue weighted by molar-refractivity contribution is -0.0283. The first-order valence-corrected chi connectivity index (χ1v) is 6.97. The summed E-state index contributed by atoms with van der Waals surface area (Å²) in [6.07, 6.45) is 0.872. The summed E-state index contributed by atoms with van der Waals surface area (Å²) < 4.78 is 14.1. The number of hydrogen-bond acceptors (Lipinski definition) is 4. The summed E-state index contributed by atoms with van der Waals surface area (Å²) in [5.41, 5.74) is 7.64. The molecule has 0 saturated carbocycles. The molecule has 19 heavy (non-hydrogen) atoms. The molecule has 1 aliphatic rings. The lowest BCUT2D eigenvalue weighted by Gasteiger charge is -2.26. The molecular formula is C13H16BrN3O2. The number of nitrogens with zero attached hydrogens (tertiary/aromatic N) is 2. The van der Waals surface area contributed by atoms with E-state index in [-0.39, 0.29) is 5.60 Å². The van der Waals surface area contributed by atoms with E-state index in [1.807, 2.05) is 22.8 Å². The van der Waals surface area contributed by atoms with Gasteiger partial charge in [0.25, 0.3) is 0 Å². The van der Waals surface area contributed by atoms with E-state index < -0.39 is 0 Å². The molecule has 0 amide bonds. The average molecular weight is 326 g/mol. The highest BCUT2D eigenvalue weighted by molar-refractivity contribution is 9.10. The number of halogens is 1. The van der Waals surface area contributed by atoms with E-state index in [1.54, 1.807) is 7.11 Å². The summed E-state index contributed by atoms with van der Waals surface area (Å²) in [5, 5.41) is 0. The second-order valence-electron chi connectivity index (χ2n) is 4.88. The number of nitrogen functional groups attached to an aromatic ring is 1. The van der Waals surface area contributed by atoms with Crippen LogP contribution in [-0.4, -0.2) is 35.5 Å². The van der Waals surface area contributed by atoms with E-state index in [2.05, 4.69) is 20.9 Å². The smallest absolute Gasteiger partial charge is 0.201 e. The third-order valence-corrected chi connectivity index (χ3v) is 4.18. The van der Waals surface area contributed by atoms with Gasteiger partial charge in [-0.05, 0) is 18.2 Å². The first-order chi connectivity index (χ1) is 9.13. The van der Waals surface area contributed by atoms with Gasteiger partial charge in [0.1, 0.15) is 5.60 Å². The van der Waals surface area contributed by atoms with Gasteiger partial charge >= 0.3 is 0 Å². The largest absolute Gasteiger partial charge is 0.378 e. The first kappa shape index (κ1) is 12.9. The number of rotatable bonds is 3. The molecule has 1 atom stereocenters. The van der Waals surface area contributed by atoms with Crippen molar-refractivity contribution in [3.8, 4) is 0 Å². The fourth-order valence-corrected chi connectivity index (χ4v) is 2.86. The number of benzene rings is 1. The lowest BCUT2D eigenvalue weighted by Crippen LogP contribution is -2.37. The van der Waals surface area contributed by atoms with Crippen molar-refractivity contribution in [2.75, 3.05) is 26.1 Å². The Balaban J connectivity index is 2.04. The van der Waals surface area contributed by atoms with Crippen molar-refractivity contribution in [2.24, 2.45) is 0 Å². The number of fused-ring (bicyclic) bond motifs is 1. The Morgan fingerprint density at radius 2 is 2.42 bits per heavy atom. The number of imidazole rings is 1. The highest BCUT2D eigenvalue weighted by Gasteiger charge is 2.36. The van der Waals surface area contributed by atoms with Gasteiger partial charge in [0.05, 0.1) is 24.2 Å². The van der Waals surface area contributed by atoms with Crippen LogP contribution in [0, 0.1) is 0 Å². The molecule has 3 rings (SSSR count). The zero-order valence-electron chi connectivity index (χ0n) is 10.7. The molecule has 1 unspecified atom stereocenters. The second-order valence-corrected chi connectivity index (χ2v) is 5.79. The molecule has 2 heterocycles. The number of ether oxygens (including phenoxy) is 2. The summed E-state index contributed by atoms with van der Waals surface area (Å²) in [6.45, 7) is 1.98. The van der Waals surface area contributed by atoms with Crippen molar-refractivity contribution in [3.63, 3.8) is 0 Å². The van der Waals surface area contributed by atoms with Gasteiger partial charge in [-0.3, -0.25) is 0 Å². The summed E-state index contributed by atoms with van der Waals surface area (Å²) in [6, 6.07) is 5.94. The topological polar surface area (TPSA) is 62.3 Å². The second kappa shape index (κ2) is 4.77. The van der Waals surface area contributed by atoms with Gasteiger partial charge in [0, 0.05) is 24.6 Å². The molecule has 2 aromatic rings. The normalized spacial score (nSPS) is 23.3. The van der Waals surface area contributed by atoms with Crippen molar-refractivity contribution in [1.82, 2.24) is 9.55 Å². The maximum atomic E-state index is 6.04. The zero-order chi connectivity index (χ0) is 13.5. The van der Waals surface area contributed by atoms with Gasteiger partial charge in [-0.2, -0.15) is 0 Å². The quantitative estimate of drug-likeness (QED) is 0.939. The maximum absolute atomic E-state index is 6.04. The summed E-state index contributed by atoms with van der Waals surface area (Å²) in [4.78, 5) is 4.39. The van der Waals surface area contributed by atoms with Gasteiger partial charge in [0.15, 0.2) is 0 Å². The Hall–Kier alpha value is -1.11. The van der Waals surface area contributed by atoms with Gasteiger partial charge in [-0.15, -0.1) is 0 Å². The molecule has 1 aromatic carbocycles. The predicted octanol–water partition coefficient (Wildman–Crippen LogP) is 2.19. The molecule has 2 N–H and O–H groups in total. The summed E-state index contributed by atoms with van der Waals surface area (Å²) in [5.74, 6) is 0.511. The van der Waals surface area contributed by atoms with E-state index >= 15 is 0 Å². The number of anilines is 1. The molecule has 0 spiro atoms. The van der Waals surface area contributed by atoms with Crippen LogP contribution in [0.2, 0.25) is 0 Å². The van der Waals surface area contributed by atoms with Crippen molar-refractivity contribution < 1.29 is 9.47 Å². The van der Waals surface area contributed by atoms with Crippen LogP contribution < -0.4 is 5.73 Å². The SMILES string of the molecule is COC1(Cn2c(N)nc3ccc(Br)cc32)CCOC1. The highest BCUT2D eigenvalue weighted by Crippen LogP contribution is 2.29. The van der Waals surface area contributed by atoms with E-state index in [0.29, 0.717) is 19.1 Å². The molecule has 0 radical (unpaired) electrons. The Kier molecular flexibility index (Phi) is 3.24. The molecule has 1 fully saturated rings. The van der Waals surface area contributed by atoms with Crippen molar-refractivity contribution >= 4 is 32.9 Å². The molecule has 102 valence electrons. The maximum Gasteiger partial charge on any atom is 0.201 e. The van der Waals surface area contributed by atoms with Crippen LogP contribution in [-0.2, 0) is 16.0 Å². The number of hydrogen-bond donors (Lipinski definition) is 1. The van der Waals surface area contributed by atoms with E-state index in [1.165, 1.54) is 0 Å². The molecule has 1 aromatic heterocycles. The van der Waals surface area contributed by atoms with Gasteiger partial charge in [-0.1, -0.05) is 15.9 Å². The molecule has 0 bridgehead atoms. The predicted molar refractivity (Wildman–Crippen MR) is 77.0 cm³/mol. The molecule has 6 heteroatoms. The van der Waals surface area contributed by atoms with Crippen LogP contribution in [0.15, 0.2) is 22.7 Å². The minimum atomic E-state index is -0.302. The minimum absolute atomic E-state index is 0.302. The molecule has 1 aliphatic heterocycles. The first-order valence-electron chi connectivity index (χ1n) is 6.18. The van der Waals surface area contributed by atoms with Crippen molar-refractivity contribution in [2.45, 2.75) is 18.6 Å². The van der Waals surface area contributed by atoms with Gasteiger partial charge < -0.3 is 19.8 Å². The Morgan fingerprint density at radius 1 is 1.58 bits per heavy atom. The van der Waals surface area contributed by atoms with Gasteiger partial charge in [-0.25, -0.2) is 4.98 Å². The zero-order valence-corrected chi connectivity index (χ0v) is 12.3. The van der Waals surface area contributed by atoms with E-state index in [4.69, 9.17) is 15.2 Å². The van der Waals surface area contributed by atoms with Gasteiger partial charge in [0.2, 0.25) is 5.95 Å². The summed E-state index contributed by atoms with van der Waals surface area (Å²) in [7, 11) is 1.72. The van der Waals surface area contributed by atoms with E-state index in [9.17, 15) is 0 Å². The Bertz CT molecular complexity index is 605. The van der Waals surface area contributed by atoms with Crippen LogP contribution in [0.25, 0.3) is 11.0 Å². The van der Waals surface area contributed by atoms with E-state index in [0.717, 1.165) is 28.5 Å². The van der Waals surface area contributed by atoms with Crippen LogP contribution in [0.3, 0.4) is 0 Å².